The molecule has 0 aliphatic carbocycles. The first-order chi connectivity index (χ1) is 10.5. The Morgan fingerprint density at radius 2 is 1.78 bits per heavy atom. The first kappa shape index (κ1) is 21.8. The molecule has 1 amide bonds. The number of Topliss-reactive ketones (excluding diaryl/α,β-unsaturated/α-hetero) is 1. The quantitative estimate of drug-likeness (QED) is 0.222. The zero-order chi connectivity index (χ0) is 18.2. The second-order valence-electron chi connectivity index (χ2n) is 6.33. The highest BCUT2D eigenvalue weighted by Crippen LogP contribution is 2.13. The Morgan fingerprint density at radius 3 is 2.22 bits per heavy atom. The smallest absolute Gasteiger partial charge is 0.320 e. The van der Waals surface area contributed by atoms with Crippen LogP contribution in [0.4, 0.5) is 0 Å². The number of hydrogen-bond acceptors (Lipinski definition) is 7. The molecule has 3 unspecified atom stereocenters. The number of carbonyl (C=O) groups is 3. The number of amides is 1. The van der Waals surface area contributed by atoms with Crippen molar-refractivity contribution in [3.63, 3.8) is 0 Å². The van der Waals surface area contributed by atoms with Gasteiger partial charge in [0.25, 0.3) is 0 Å². The minimum atomic E-state index is -1.15. The summed E-state index contributed by atoms with van der Waals surface area (Å²) in [5.74, 6) is -1.62. The Bertz CT molecular complexity index is 425. The van der Waals surface area contributed by atoms with E-state index in [0.29, 0.717) is 0 Å². The maximum atomic E-state index is 12.0. The van der Waals surface area contributed by atoms with E-state index in [1.165, 1.54) is 0 Å². The number of carboxylic acid groups (broad SMARTS) is 1. The molecule has 6 N–H and O–H groups in total. The molecule has 8 nitrogen and oxygen atoms in total. The van der Waals surface area contributed by atoms with E-state index < -0.39 is 35.6 Å². The molecule has 0 bridgehead atoms. The van der Waals surface area contributed by atoms with Crippen LogP contribution in [0.3, 0.4) is 0 Å². The fourth-order valence-electron chi connectivity index (χ4n) is 1.54. The van der Waals surface area contributed by atoms with Gasteiger partial charge in [0.05, 0.1) is 12.6 Å². The second-order valence-corrected chi connectivity index (χ2v) is 6.70. The normalized spacial score (nSPS) is 15.6. The zero-order valence-corrected chi connectivity index (χ0v) is 14.6. The van der Waals surface area contributed by atoms with Crippen LogP contribution in [-0.4, -0.2) is 58.5 Å². The molecule has 0 aromatic rings. The second kappa shape index (κ2) is 9.86. The van der Waals surface area contributed by atoms with Crippen molar-refractivity contribution in [1.82, 2.24) is 10.6 Å². The molecule has 23 heavy (non-hydrogen) atoms. The van der Waals surface area contributed by atoms with Gasteiger partial charge in [-0.25, -0.2) is 0 Å². The molecule has 0 saturated carbocycles. The molecular weight excluding hydrogens is 322 g/mol. The average Bonchev–Trinajstić information content (AvgIpc) is 2.45. The first-order valence-corrected chi connectivity index (χ1v) is 7.96. The van der Waals surface area contributed by atoms with Crippen LogP contribution in [0.2, 0.25) is 0 Å². The number of ketones is 1. The van der Waals surface area contributed by atoms with E-state index in [1.54, 1.807) is 20.8 Å². The summed E-state index contributed by atoms with van der Waals surface area (Å²) in [7, 11) is 0. The summed E-state index contributed by atoms with van der Waals surface area (Å²) < 4.78 is 0. The lowest BCUT2D eigenvalue weighted by Gasteiger charge is -2.22. The molecule has 0 aromatic heterocycles. The number of carbonyl (C=O) groups excluding carboxylic acids is 2. The van der Waals surface area contributed by atoms with E-state index in [9.17, 15) is 19.5 Å². The van der Waals surface area contributed by atoms with Crippen LogP contribution in [0.1, 0.15) is 33.6 Å². The molecule has 0 fully saturated rings. The summed E-state index contributed by atoms with van der Waals surface area (Å²) in [5, 5.41) is 23.6. The number of hydrogen-bond donors (Lipinski definition) is 6. The monoisotopic (exact) mass is 349 g/mol. The topological polar surface area (TPSA) is 142 Å². The summed E-state index contributed by atoms with van der Waals surface area (Å²) in [6.07, 6.45) is -0.958. The lowest BCUT2D eigenvalue weighted by Crippen LogP contribution is -2.51. The maximum Gasteiger partial charge on any atom is 0.320 e. The highest BCUT2D eigenvalue weighted by Gasteiger charge is 2.24. The summed E-state index contributed by atoms with van der Waals surface area (Å²) >= 11 is 4.03. The van der Waals surface area contributed by atoms with Gasteiger partial charge in [-0.3, -0.25) is 19.7 Å². The van der Waals surface area contributed by atoms with Crippen molar-refractivity contribution < 1.29 is 24.6 Å². The summed E-state index contributed by atoms with van der Waals surface area (Å²) in [6.45, 7) is 5.16. The Labute approximate surface area is 141 Å². The minimum Gasteiger partial charge on any atom is -0.480 e. The van der Waals surface area contributed by atoms with E-state index >= 15 is 0 Å². The fraction of sp³-hybridized carbons (Fsp3) is 0.786. The van der Waals surface area contributed by atoms with E-state index in [-0.39, 0.29) is 30.9 Å². The van der Waals surface area contributed by atoms with Crippen molar-refractivity contribution in [3.05, 3.63) is 0 Å². The lowest BCUT2D eigenvalue weighted by atomic mass is 9.91. The highest BCUT2D eigenvalue weighted by atomic mass is 32.1. The van der Waals surface area contributed by atoms with E-state index in [0.717, 1.165) is 0 Å². The van der Waals surface area contributed by atoms with E-state index in [4.69, 9.17) is 10.8 Å². The SMILES string of the molecule is CC(C)(C)C(=O)CNC(=O)C(CS)NC(O)CCC(N)C(=O)O. The van der Waals surface area contributed by atoms with Crippen LogP contribution in [0.25, 0.3) is 0 Å². The standard InChI is InChI=1S/C14H27N3O5S/c1-14(2,3)10(18)6-16-12(20)9(7-23)17-11(19)5-4-8(15)13(21)22/h8-9,11,17,19,23H,4-7,15H2,1-3H3,(H,16,20)(H,21,22). The van der Waals surface area contributed by atoms with Crippen molar-refractivity contribution in [3.8, 4) is 0 Å². The van der Waals surface area contributed by atoms with Crippen LogP contribution in [0.5, 0.6) is 0 Å². The molecule has 0 aliphatic heterocycles. The number of aliphatic carboxylic acids is 1. The van der Waals surface area contributed by atoms with Gasteiger partial charge in [0.2, 0.25) is 5.91 Å². The van der Waals surface area contributed by atoms with Crippen LogP contribution in [0.15, 0.2) is 0 Å². The molecular formula is C14H27N3O5S. The number of aliphatic hydroxyl groups is 1. The highest BCUT2D eigenvalue weighted by molar-refractivity contribution is 7.80. The maximum absolute atomic E-state index is 12.0. The molecule has 0 spiro atoms. The van der Waals surface area contributed by atoms with Gasteiger partial charge in [-0.2, -0.15) is 12.6 Å². The largest absolute Gasteiger partial charge is 0.480 e. The number of nitrogens with one attached hydrogen (secondary N) is 2. The van der Waals surface area contributed by atoms with Crippen molar-refractivity contribution >= 4 is 30.3 Å². The fourth-order valence-corrected chi connectivity index (χ4v) is 1.81. The van der Waals surface area contributed by atoms with Crippen molar-refractivity contribution in [2.45, 2.75) is 51.9 Å². The number of aliphatic hydroxyl groups excluding tert-OH is 1. The van der Waals surface area contributed by atoms with Crippen LogP contribution in [-0.2, 0) is 14.4 Å². The Hall–Kier alpha value is -1.16. The molecule has 0 radical (unpaired) electrons. The van der Waals surface area contributed by atoms with Crippen molar-refractivity contribution in [2.75, 3.05) is 12.3 Å². The molecule has 0 saturated heterocycles. The minimum absolute atomic E-state index is 0.0624. The van der Waals surface area contributed by atoms with Gasteiger partial charge in [0.1, 0.15) is 12.3 Å². The average molecular weight is 349 g/mol. The molecule has 0 rings (SSSR count). The molecule has 134 valence electrons. The Kier molecular flexibility index (Phi) is 9.37. The van der Waals surface area contributed by atoms with Gasteiger partial charge in [-0.05, 0) is 12.8 Å². The van der Waals surface area contributed by atoms with E-state index in [1.807, 2.05) is 0 Å². The third-order valence-electron chi connectivity index (χ3n) is 3.22. The molecule has 0 aromatic carbocycles. The first-order valence-electron chi connectivity index (χ1n) is 7.33. The van der Waals surface area contributed by atoms with Gasteiger partial charge >= 0.3 is 5.97 Å². The van der Waals surface area contributed by atoms with Crippen LogP contribution in [0, 0.1) is 5.41 Å². The molecule has 0 aliphatic rings. The predicted molar refractivity (Wildman–Crippen MR) is 89.1 cm³/mol. The van der Waals surface area contributed by atoms with Gasteiger partial charge in [0, 0.05) is 11.2 Å². The number of rotatable bonds is 10. The number of carboxylic acids is 1. The van der Waals surface area contributed by atoms with Crippen molar-refractivity contribution in [1.29, 1.82) is 0 Å². The zero-order valence-electron chi connectivity index (χ0n) is 13.7. The molecule has 0 heterocycles. The van der Waals surface area contributed by atoms with Gasteiger partial charge in [-0.15, -0.1) is 0 Å². The third-order valence-corrected chi connectivity index (χ3v) is 3.59. The summed E-state index contributed by atoms with van der Waals surface area (Å²) in [4.78, 5) is 34.3. The number of thiol groups is 1. The van der Waals surface area contributed by atoms with Gasteiger partial charge in [0.15, 0.2) is 5.78 Å². The van der Waals surface area contributed by atoms with Gasteiger partial charge < -0.3 is 21.3 Å². The summed E-state index contributed by atoms with van der Waals surface area (Å²) in [5.41, 5.74) is 4.79. The van der Waals surface area contributed by atoms with Crippen LogP contribution >= 0.6 is 12.6 Å². The third kappa shape index (κ3) is 8.89. The predicted octanol–water partition coefficient (Wildman–Crippen LogP) is -0.884. The van der Waals surface area contributed by atoms with Gasteiger partial charge in [-0.1, -0.05) is 20.8 Å². The summed E-state index contributed by atoms with van der Waals surface area (Å²) in [6, 6.07) is -1.87. The lowest BCUT2D eigenvalue weighted by molar-refractivity contribution is -0.138. The van der Waals surface area contributed by atoms with E-state index in [2.05, 4.69) is 23.3 Å². The Morgan fingerprint density at radius 1 is 1.22 bits per heavy atom. The Balaban J connectivity index is 4.34. The number of nitrogens with two attached hydrogens (primary N) is 1. The molecule has 9 heteroatoms. The van der Waals surface area contributed by atoms with Crippen molar-refractivity contribution in [2.24, 2.45) is 11.1 Å². The molecule has 3 atom stereocenters. The van der Waals surface area contributed by atoms with Crippen LogP contribution < -0.4 is 16.4 Å².